The van der Waals surface area contributed by atoms with E-state index in [1.807, 2.05) is 30.9 Å². The molecule has 0 atom stereocenters. The molecule has 5 nitrogen and oxygen atoms in total. The summed E-state index contributed by atoms with van der Waals surface area (Å²) in [5.41, 5.74) is 8.95. The first-order chi connectivity index (χ1) is 7.70. The molecule has 0 bridgehead atoms. The minimum absolute atomic E-state index is 0.517. The van der Waals surface area contributed by atoms with E-state index in [-0.39, 0.29) is 0 Å². The van der Waals surface area contributed by atoms with E-state index >= 15 is 0 Å². The standard InChI is InChI=1S/C11H15N5/c1-3-10-11(12)14-15-16(10)7-9-4-8(2)5-13-6-9/h4-6H,3,7,12H2,1-2H3. The lowest BCUT2D eigenvalue weighted by atomic mass is 10.2. The highest BCUT2D eigenvalue weighted by atomic mass is 15.4. The maximum atomic E-state index is 5.73. The zero-order valence-corrected chi connectivity index (χ0v) is 9.51. The van der Waals surface area contributed by atoms with Crippen LogP contribution < -0.4 is 5.73 Å². The van der Waals surface area contributed by atoms with Crippen molar-refractivity contribution in [2.45, 2.75) is 26.8 Å². The van der Waals surface area contributed by atoms with Crippen LogP contribution in [-0.4, -0.2) is 20.0 Å². The average molecular weight is 217 g/mol. The molecule has 5 heteroatoms. The van der Waals surface area contributed by atoms with Crippen LogP contribution in [0.3, 0.4) is 0 Å². The Morgan fingerprint density at radius 2 is 2.19 bits per heavy atom. The summed E-state index contributed by atoms with van der Waals surface area (Å²) in [5.74, 6) is 0.517. The van der Waals surface area contributed by atoms with Crippen LogP contribution in [0.4, 0.5) is 5.82 Å². The van der Waals surface area contributed by atoms with Crippen molar-refractivity contribution in [3.05, 3.63) is 35.3 Å². The lowest BCUT2D eigenvalue weighted by Crippen LogP contribution is -2.07. The van der Waals surface area contributed by atoms with E-state index in [9.17, 15) is 0 Å². The van der Waals surface area contributed by atoms with Crippen molar-refractivity contribution in [1.82, 2.24) is 20.0 Å². The van der Waals surface area contributed by atoms with Gasteiger partial charge in [-0.15, -0.1) is 5.10 Å². The van der Waals surface area contributed by atoms with Gasteiger partial charge in [0.2, 0.25) is 0 Å². The van der Waals surface area contributed by atoms with Gasteiger partial charge in [0.15, 0.2) is 5.82 Å². The van der Waals surface area contributed by atoms with Crippen LogP contribution in [0.25, 0.3) is 0 Å². The summed E-state index contributed by atoms with van der Waals surface area (Å²) in [6.07, 6.45) is 4.50. The van der Waals surface area contributed by atoms with Crippen molar-refractivity contribution in [3.8, 4) is 0 Å². The number of hydrogen-bond acceptors (Lipinski definition) is 4. The molecule has 0 spiro atoms. The molecule has 2 N–H and O–H groups in total. The van der Waals surface area contributed by atoms with E-state index in [0.29, 0.717) is 12.4 Å². The van der Waals surface area contributed by atoms with Gasteiger partial charge in [0.1, 0.15) is 0 Å². The number of aromatic nitrogens is 4. The Morgan fingerprint density at radius 1 is 1.38 bits per heavy atom. The van der Waals surface area contributed by atoms with E-state index in [1.165, 1.54) is 0 Å². The van der Waals surface area contributed by atoms with Crippen LogP contribution in [0.5, 0.6) is 0 Å². The molecule has 2 heterocycles. The first kappa shape index (κ1) is 10.6. The number of pyridine rings is 1. The molecular formula is C11H15N5. The monoisotopic (exact) mass is 217 g/mol. The topological polar surface area (TPSA) is 69.6 Å². The normalized spacial score (nSPS) is 10.6. The highest BCUT2D eigenvalue weighted by Crippen LogP contribution is 2.11. The Morgan fingerprint density at radius 3 is 2.88 bits per heavy atom. The van der Waals surface area contributed by atoms with E-state index in [2.05, 4.69) is 21.4 Å². The van der Waals surface area contributed by atoms with Gasteiger partial charge in [0, 0.05) is 12.4 Å². The molecule has 16 heavy (non-hydrogen) atoms. The number of nitrogen functional groups attached to an aromatic ring is 1. The minimum atomic E-state index is 0.517. The van der Waals surface area contributed by atoms with Gasteiger partial charge in [-0.2, -0.15) is 0 Å². The van der Waals surface area contributed by atoms with Crippen molar-refractivity contribution >= 4 is 5.82 Å². The molecule has 0 fully saturated rings. The molecule has 0 aliphatic heterocycles. The van der Waals surface area contributed by atoms with Crippen LogP contribution in [0, 0.1) is 6.92 Å². The smallest absolute Gasteiger partial charge is 0.169 e. The first-order valence-electron chi connectivity index (χ1n) is 5.29. The lowest BCUT2D eigenvalue weighted by Gasteiger charge is -2.05. The predicted octanol–water partition coefficient (Wildman–Crippen LogP) is 1.17. The Hall–Kier alpha value is -1.91. The van der Waals surface area contributed by atoms with Gasteiger partial charge in [0.05, 0.1) is 12.2 Å². The number of hydrogen-bond donors (Lipinski definition) is 1. The molecule has 0 aromatic carbocycles. The highest BCUT2D eigenvalue weighted by molar-refractivity contribution is 5.33. The van der Waals surface area contributed by atoms with Crippen LogP contribution in [0.15, 0.2) is 18.5 Å². The van der Waals surface area contributed by atoms with Gasteiger partial charge in [-0.25, -0.2) is 4.68 Å². The number of nitrogens with two attached hydrogens (primary N) is 1. The molecule has 2 rings (SSSR count). The summed E-state index contributed by atoms with van der Waals surface area (Å²) in [6.45, 7) is 4.73. The van der Waals surface area contributed by atoms with E-state index in [0.717, 1.165) is 23.2 Å². The molecule has 0 radical (unpaired) electrons. The largest absolute Gasteiger partial charge is 0.381 e. The summed E-state index contributed by atoms with van der Waals surface area (Å²) >= 11 is 0. The summed E-state index contributed by atoms with van der Waals surface area (Å²) in [7, 11) is 0. The Kier molecular flexibility index (Phi) is 2.85. The summed E-state index contributed by atoms with van der Waals surface area (Å²) in [4.78, 5) is 4.15. The van der Waals surface area contributed by atoms with Crippen molar-refractivity contribution in [3.63, 3.8) is 0 Å². The first-order valence-corrected chi connectivity index (χ1v) is 5.29. The molecule has 0 saturated heterocycles. The average Bonchev–Trinajstić information content (AvgIpc) is 2.59. The van der Waals surface area contributed by atoms with Gasteiger partial charge in [0.25, 0.3) is 0 Å². The summed E-state index contributed by atoms with van der Waals surface area (Å²) in [5, 5.41) is 7.90. The van der Waals surface area contributed by atoms with Crippen molar-refractivity contribution < 1.29 is 0 Å². The molecule has 0 amide bonds. The molecule has 84 valence electrons. The zero-order chi connectivity index (χ0) is 11.5. The van der Waals surface area contributed by atoms with Crippen molar-refractivity contribution in [2.24, 2.45) is 0 Å². The number of rotatable bonds is 3. The summed E-state index contributed by atoms with van der Waals surface area (Å²) in [6, 6.07) is 2.09. The van der Waals surface area contributed by atoms with E-state index in [4.69, 9.17) is 5.73 Å². The van der Waals surface area contributed by atoms with Crippen LogP contribution in [0.2, 0.25) is 0 Å². The molecule has 0 unspecified atom stereocenters. The SMILES string of the molecule is CCc1c(N)nnn1Cc1cncc(C)c1. The lowest BCUT2D eigenvalue weighted by molar-refractivity contribution is 0.620. The zero-order valence-electron chi connectivity index (χ0n) is 9.51. The second-order valence-corrected chi connectivity index (χ2v) is 3.80. The molecule has 0 aliphatic carbocycles. The van der Waals surface area contributed by atoms with Crippen LogP contribution in [-0.2, 0) is 13.0 Å². The Balaban J connectivity index is 2.27. The fourth-order valence-electron chi connectivity index (χ4n) is 1.71. The fourth-order valence-corrected chi connectivity index (χ4v) is 1.71. The predicted molar refractivity (Wildman–Crippen MR) is 61.9 cm³/mol. The second-order valence-electron chi connectivity index (χ2n) is 3.80. The van der Waals surface area contributed by atoms with E-state index < -0.39 is 0 Å². The van der Waals surface area contributed by atoms with Gasteiger partial charge < -0.3 is 5.73 Å². The molecule has 0 aliphatic rings. The Bertz CT molecular complexity index is 489. The van der Waals surface area contributed by atoms with Gasteiger partial charge in [-0.1, -0.05) is 18.2 Å². The Labute approximate surface area is 94.3 Å². The summed E-state index contributed by atoms with van der Waals surface area (Å²) < 4.78 is 1.83. The van der Waals surface area contributed by atoms with E-state index in [1.54, 1.807) is 0 Å². The molecule has 2 aromatic rings. The van der Waals surface area contributed by atoms with Gasteiger partial charge in [-0.3, -0.25) is 4.98 Å². The molecular weight excluding hydrogens is 202 g/mol. The second kappa shape index (κ2) is 4.30. The van der Waals surface area contributed by atoms with Crippen LogP contribution >= 0.6 is 0 Å². The maximum Gasteiger partial charge on any atom is 0.169 e. The maximum absolute atomic E-state index is 5.73. The van der Waals surface area contributed by atoms with Gasteiger partial charge >= 0.3 is 0 Å². The van der Waals surface area contributed by atoms with Crippen LogP contribution in [0.1, 0.15) is 23.7 Å². The minimum Gasteiger partial charge on any atom is -0.381 e. The number of nitrogens with zero attached hydrogens (tertiary/aromatic N) is 4. The quantitative estimate of drug-likeness (QED) is 0.838. The third-order valence-corrected chi connectivity index (χ3v) is 2.47. The number of anilines is 1. The highest BCUT2D eigenvalue weighted by Gasteiger charge is 2.08. The van der Waals surface area contributed by atoms with Crippen molar-refractivity contribution in [2.75, 3.05) is 5.73 Å². The van der Waals surface area contributed by atoms with Gasteiger partial charge in [-0.05, 0) is 24.5 Å². The third-order valence-electron chi connectivity index (χ3n) is 2.47. The third kappa shape index (κ3) is 2.03. The fraction of sp³-hybridized carbons (Fsp3) is 0.364. The molecule has 2 aromatic heterocycles. The molecule has 0 saturated carbocycles. The van der Waals surface area contributed by atoms with Crippen molar-refractivity contribution in [1.29, 1.82) is 0 Å². The number of aryl methyl sites for hydroxylation is 1.